The van der Waals surface area contributed by atoms with Crippen molar-refractivity contribution in [3.8, 4) is 0 Å². The molecule has 0 unspecified atom stereocenters. The van der Waals surface area contributed by atoms with Gasteiger partial charge in [0.25, 0.3) is 0 Å². The molecule has 1 aromatic carbocycles. The maximum atomic E-state index is 12.9. The molecule has 1 aliphatic heterocycles. The lowest BCUT2D eigenvalue weighted by Gasteiger charge is -2.34. The van der Waals surface area contributed by atoms with E-state index in [2.05, 4.69) is 5.32 Å². The monoisotopic (exact) mass is 294 g/mol. The third kappa shape index (κ3) is 4.53. The minimum Gasteiger partial charge on any atom is -0.480 e. The molecule has 6 heteroatoms. The van der Waals surface area contributed by atoms with Crippen molar-refractivity contribution in [2.75, 3.05) is 13.1 Å². The Morgan fingerprint density at radius 3 is 2.67 bits per heavy atom. The molecule has 0 saturated carbocycles. The van der Waals surface area contributed by atoms with E-state index in [1.165, 1.54) is 12.1 Å². The SMILES string of the molecule is O=C(O)CNC(=O)[C@@H]1CCCCN1Cc1ccc(F)cc1. The smallest absolute Gasteiger partial charge is 0.322 e. The number of hydrogen-bond donors (Lipinski definition) is 2. The summed E-state index contributed by atoms with van der Waals surface area (Å²) >= 11 is 0. The first-order chi connectivity index (χ1) is 10.1. The van der Waals surface area contributed by atoms with E-state index < -0.39 is 5.97 Å². The van der Waals surface area contributed by atoms with Gasteiger partial charge in [-0.05, 0) is 37.1 Å². The van der Waals surface area contributed by atoms with Crippen molar-refractivity contribution in [2.45, 2.75) is 31.8 Å². The second-order valence-electron chi connectivity index (χ2n) is 5.22. The van der Waals surface area contributed by atoms with Crippen molar-refractivity contribution in [1.82, 2.24) is 10.2 Å². The molecule has 0 bridgehead atoms. The Hall–Kier alpha value is -1.95. The number of benzene rings is 1. The van der Waals surface area contributed by atoms with Crippen molar-refractivity contribution < 1.29 is 19.1 Å². The van der Waals surface area contributed by atoms with Crippen LogP contribution in [0, 0.1) is 5.82 Å². The number of carbonyl (C=O) groups excluding carboxylic acids is 1. The number of halogens is 1. The van der Waals surface area contributed by atoms with Crippen molar-refractivity contribution in [3.05, 3.63) is 35.6 Å². The van der Waals surface area contributed by atoms with Crippen LogP contribution in [0.4, 0.5) is 4.39 Å². The number of hydrogen-bond acceptors (Lipinski definition) is 3. The average Bonchev–Trinajstić information content (AvgIpc) is 2.48. The van der Waals surface area contributed by atoms with Gasteiger partial charge in [0.1, 0.15) is 12.4 Å². The van der Waals surface area contributed by atoms with Gasteiger partial charge in [-0.15, -0.1) is 0 Å². The van der Waals surface area contributed by atoms with Crippen LogP contribution in [0.15, 0.2) is 24.3 Å². The van der Waals surface area contributed by atoms with Gasteiger partial charge in [0, 0.05) is 6.54 Å². The maximum absolute atomic E-state index is 12.9. The van der Waals surface area contributed by atoms with E-state index in [0.29, 0.717) is 13.0 Å². The lowest BCUT2D eigenvalue weighted by atomic mass is 10.0. The van der Waals surface area contributed by atoms with Crippen LogP contribution < -0.4 is 5.32 Å². The van der Waals surface area contributed by atoms with Gasteiger partial charge in [0.15, 0.2) is 0 Å². The van der Waals surface area contributed by atoms with Crippen molar-refractivity contribution >= 4 is 11.9 Å². The highest BCUT2D eigenvalue weighted by Gasteiger charge is 2.28. The summed E-state index contributed by atoms with van der Waals surface area (Å²) in [6, 6.07) is 5.90. The number of amides is 1. The Morgan fingerprint density at radius 1 is 1.29 bits per heavy atom. The van der Waals surface area contributed by atoms with Crippen LogP contribution in [-0.4, -0.2) is 41.0 Å². The number of carboxylic acid groups (broad SMARTS) is 1. The van der Waals surface area contributed by atoms with Gasteiger partial charge in [-0.25, -0.2) is 4.39 Å². The first-order valence-electron chi connectivity index (χ1n) is 7.04. The Morgan fingerprint density at radius 2 is 2.00 bits per heavy atom. The molecule has 21 heavy (non-hydrogen) atoms. The van der Waals surface area contributed by atoms with E-state index in [-0.39, 0.29) is 24.3 Å². The number of likely N-dealkylation sites (tertiary alicyclic amines) is 1. The molecule has 0 aliphatic carbocycles. The molecule has 2 N–H and O–H groups in total. The number of aliphatic carboxylic acids is 1. The fourth-order valence-corrected chi connectivity index (χ4v) is 2.58. The highest BCUT2D eigenvalue weighted by molar-refractivity contribution is 5.85. The second kappa shape index (κ2) is 7.17. The van der Waals surface area contributed by atoms with Gasteiger partial charge < -0.3 is 10.4 Å². The second-order valence-corrected chi connectivity index (χ2v) is 5.22. The molecular weight excluding hydrogens is 275 g/mol. The molecule has 0 spiro atoms. The normalized spacial score (nSPS) is 19.2. The van der Waals surface area contributed by atoms with Crippen molar-refractivity contribution in [2.24, 2.45) is 0 Å². The largest absolute Gasteiger partial charge is 0.480 e. The van der Waals surface area contributed by atoms with E-state index in [1.54, 1.807) is 12.1 Å². The minimum atomic E-state index is -1.05. The highest BCUT2D eigenvalue weighted by atomic mass is 19.1. The molecule has 1 amide bonds. The summed E-state index contributed by atoms with van der Waals surface area (Å²) in [5.74, 6) is -1.59. The van der Waals surface area contributed by atoms with Gasteiger partial charge in [0.05, 0.1) is 6.04 Å². The number of nitrogens with one attached hydrogen (secondary N) is 1. The predicted octanol–water partition coefficient (Wildman–Crippen LogP) is 1.38. The van der Waals surface area contributed by atoms with Crippen LogP contribution in [0.2, 0.25) is 0 Å². The van der Waals surface area contributed by atoms with Crippen LogP contribution >= 0.6 is 0 Å². The first-order valence-corrected chi connectivity index (χ1v) is 7.04. The summed E-state index contributed by atoms with van der Waals surface area (Å²) < 4.78 is 12.9. The van der Waals surface area contributed by atoms with E-state index in [1.807, 2.05) is 4.90 Å². The number of piperidine rings is 1. The zero-order valence-corrected chi connectivity index (χ0v) is 11.7. The number of carboxylic acids is 1. The number of nitrogens with zero attached hydrogens (tertiary/aromatic N) is 1. The van der Waals surface area contributed by atoms with Crippen LogP contribution in [0.5, 0.6) is 0 Å². The summed E-state index contributed by atoms with van der Waals surface area (Å²) in [6.45, 7) is 0.980. The van der Waals surface area contributed by atoms with E-state index in [0.717, 1.165) is 24.9 Å². The Bertz CT molecular complexity index is 504. The van der Waals surface area contributed by atoms with Gasteiger partial charge in [0.2, 0.25) is 5.91 Å². The van der Waals surface area contributed by atoms with Crippen molar-refractivity contribution in [1.29, 1.82) is 0 Å². The molecule has 2 rings (SSSR count). The van der Waals surface area contributed by atoms with E-state index in [4.69, 9.17) is 5.11 Å². The average molecular weight is 294 g/mol. The summed E-state index contributed by atoms with van der Waals surface area (Å²) in [5, 5.41) is 11.1. The summed E-state index contributed by atoms with van der Waals surface area (Å²) in [5.41, 5.74) is 0.939. The first kappa shape index (κ1) is 15.4. The van der Waals surface area contributed by atoms with Crippen LogP contribution in [0.1, 0.15) is 24.8 Å². The molecule has 1 aliphatic rings. The maximum Gasteiger partial charge on any atom is 0.322 e. The highest BCUT2D eigenvalue weighted by Crippen LogP contribution is 2.20. The molecule has 114 valence electrons. The van der Waals surface area contributed by atoms with E-state index in [9.17, 15) is 14.0 Å². The Kier molecular flexibility index (Phi) is 5.27. The third-order valence-electron chi connectivity index (χ3n) is 3.63. The lowest BCUT2D eigenvalue weighted by molar-refractivity contribution is -0.139. The fourth-order valence-electron chi connectivity index (χ4n) is 2.58. The lowest BCUT2D eigenvalue weighted by Crippen LogP contribution is -2.49. The van der Waals surface area contributed by atoms with E-state index >= 15 is 0 Å². The summed E-state index contributed by atoms with van der Waals surface area (Å²) in [4.78, 5) is 24.6. The molecule has 1 aromatic rings. The standard InChI is InChI=1S/C15H19FN2O3/c16-12-6-4-11(5-7-12)10-18-8-2-1-3-13(18)15(21)17-9-14(19)20/h4-7,13H,1-3,8-10H2,(H,17,21)(H,19,20)/t13-/m0/s1. The third-order valence-corrected chi connectivity index (χ3v) is 3.63. The zero-order valence-electron chi connectivity index (χ0n) is 11.7. The van der Waals surface area contributed by atoms with Gasteiger partial charge in [-0.2, -0.15) is 0 Å². The quantitative estimate of drug-likeness (QED) is 0.861. The molecular formula is C15H19FN2O3. The van der Waals surface area contributed by atoms with Crippen LogP contribution in [-0.2, 0) is 16.1 Å². The molecule has 5 nitrogen and oxygen atoms in total. The van der Waals surface area contributed by atoms with Gasteiger partial charge in [-0.1, -0.05) is 18.6 Å². The van der Waals surface area contributed by atoms with Crippen molar-refractivity contribution in [3.63, 3.8) is 0 Å². The van der Waals surface area contributed by atoms with Crippen LogP contribution in [0.25, 0.3) is 0 Å². The molecule has 1 atom stereocenters. The molecule has 1 heterocycles. The molecule has 1 fully saturated rings. The number of carbonyl (C=O) groups is 2. The summed E-state index contributed by atoms with van der Waals surface area (Å²) in [7, 11) is 0. The molecule has 0 radical (unpaired) electrons. The molecule has 0 aromatic heterocycles. The van der Waals surface area contributed by atoms with Gasteiger partial charge in [-0.3, -0.25) is 14.5 Å². The minimum absolute atomic E-state index is 0.251. The topological polar surface area (TPSA) is 69.6 Å². The number of rotatable bonds is 5. The fraction of sp³-hybridized carbons (Fsp3) is 0.467. The predicted molar refractivity (Wildman–Crippen MR) is 75.1 cm³/mol. The van der Waals surface area contributed by atoms with Gasteiger partial charge >= 0.3 is 5.97 Å². The Labute approximate surface area is 122 Å². The summed E-state index contributed by atoms with van der Waals surface area (Å²) in [6.07, 6.45) is 2.67. The zero-order chi connectivity index (χ0) is 15.2. The Balaban J connectivity index is 1.99. The molecule has 1 saturated heterocycles. The van der Waals surface area contributed by atoms with Crippen LogP contribution in [0.3, 0.4) is 0 Å².